The largest absolute Gasteiger partial charge is 0.491 e. The summed E-state index contributed by atoms with van der Waals surface area (Å²) < 4.78 is 19.6. The van der Waals surface area contributed by atoms with Gasteiger partial charge in [0.15, 0.2) is 0 Å². The van der Waals surface area contributed by atoms with Gasteiger partial charge in [0.2, 0.25) is 0 Å². The molecule has 0 heterocycles. The number of carbonyl (C=O) groups excluding carboxylic acids is 1. The lowest BCUT2D eigenvalue weighted by atomic mass is 10.2. The molecule has 0 saturated heterocycles. The molecule has 1 aromatic carbocycles. The fraction of sp³-hybridized carbons (Fsp3) is 0.222. The summed E-state index contributed by atoms with van der Waals surface area (Å²) in [6, 6.07) is 6.32. The summed E-state index contributed by atoms with van der Waals surface area (Å²) in [4.78, 5) is 27.1. The SMILES string of the molecule is O=Cc1ccc(OCCOP(=O)(O)O)cc1. The van der Waals surface area contributed by atoms with E-state index in [4.69, 9.17) is 14.5 Å². The Balaban J connectivity index is 2.32. The summed E-state index contributed by atoms with van der Waals surface area (Å²) in [6.07, 6.45) is 0.709. The van der Waals surface area contributed by atoms with Crippen molar-refractivity contribution in [3.8, 4) is 5.75 Å². The summed E-state index contributed by atoms with van der Waals surface area (Å²) in [5.41, 5.74) is 0.527. The number of benzene rings is 1. The summed E-state index contributed by atoms with van der Waals surface area (Å²) in [7, 11) is -4.43. The van der Waals surface area contributed by atoms with Crippen molar-refractivity contribution in [2.75, 3.05) is 13.2 Å². The van der Waals surface area contributed by atoms with Crippen LogP contribution in [0.5, 0.6) is 5.75 Å². The topological polar surface area (TPSA) is 93.1 Å². The van der Waals surface area contributed by atoms with Crippen LogP contribution in [0.4, 0.5) is 0 Å². The predicted octanol–water partition coefficient (Wildman–Crippen LogP) is 0.987. The van der Waals surface area contributed by atoms with Crippen LogP contribution in [0.3, 0.4) is 0 Å². The van der Waals surface area contributed by atoms with Gasteiger partial charge in [-0.3, -0.25) is 9.32 Å². The van der Waals surface area contributed by atoms with Crippen LogP contribution in [-0.2, 0) is 9.09 Å². The van der Waals surface area contributed by atoms with E-state index in [0.717, 1.165) is 0 Å². The first-order chi connectivity index (χ1) is 7.51. The van der Waals surface area contributed by atoms with Crippen molar-refractivity contribution < 1.29 is 28.4 Å². The maximum absolute atomic E-state index is 10.3. The number of carbonyl (C=O) groups is 1. The first kappa shape index (κ1) is 12.9. The molecule has 0 aromatic heterocycles. The second-order valence-electron chi connectivity index (χ2n) is 2.86. The Hall–Kier alpha value is -1.20. The molecule has 1 rings (SSSR count). The van der Waals surface area contributed by atoms with E-state index >= 15 is 0 Å². The van der Waals surface area contributed by atoms with Crippen molar-refractivity contribution in [3.63, 3.8) is 0 Å². The van der Waals surface area contributed by atoms with E-state index in [9.17, 15) is 9.36 Å². The molecular weight excluding hydrogens is 235 g/mol. The van der Waals surface area contributed by atoms with Gasteiger partial charge in [0.05, 0.1) is 6.61 Å². The van der Waals surface area contributed by atoms with E-state index in [1.54, 1.807) is 24.3 Å². The third kappa shape index (κ3) is 5.04. The molecule has 6 nitrogen and oxygen atoms in total. The highest BCUT2D eigenvalue weighted by Gasteiger charge is 2.12. The third-order valence-corrected chi connectivity index (χ3v) is 2.15. The van der Waals surface area contributed by atoms with Gasteiger partial charge in [-0.2, -0.15) is 0 Å². The van der Waals surface area contributed by atoms with Gasteiger partial charge in [-0.15, -0.1) is 0 Å². The molecule has 0 amide bonds. The maximum Gasteiger partial charge on any atom is 0.469 e. The van der Waals surface area contributed by atoms with E-state index in [-0.39, 0.29) is 13.2 Å². The first-order valence-electron chi connectivity index (χ1n) is 4.39. The first-order valence-corrected chi connectivity index (χ1v) is 5.92. The van der Waals surface area contributed by atoms with Crippen LogP contribution >= 0.6 is 7.82 Å². The van der Waals surface area contributed by atoms with Gasteiger partial charge in [-0.1, -0.05) is 0 Å². The van der Waals surface area contributed by atoms with Crippen molar-refractivity contribution in [1.29, 1.82) is 0 Å². The molecule has 0 saturated carbocycles. The van der Waals surface area contributed by atoms with Crippen LogP contribution in [0.1, 0.15) is 10.4 Å². The predicted molar refractivity (Wildman–Crippen MR) is 55.3 cm³/mol. The smallest absolute Gasteiger partial charge is 0.469 e. The van der Waals surface area contributed by atoms with Crippen molar-refractivity contribution in [2.24, 2.45) is 0 Å². The highest BCUT2D eigenvalue weighted by Crippen LogP contribution is 2.35. The number of hydrogen-bond acceptors (Lipinski definition) is 4. The van der Waals surface area contributed by atoms with E-state index < -0.39 is 7.82 Å². The van der Waals surface area contributed by atoms with E-state index in [0.29, 0.717) is 17.6 Å². The van der Waals surface area contributed by atoms with E-state index in [1.807, 2.05) is 0 Å². The molecule has 16 heavy (non-hydrogen) atoms. The Morgan fingerprint density at radius 3 is 2.31 bits per heavy atom. The van der Waals surface area contributed by atoms with Crippen LogP contribution in [0.15, 0.2) is 24.3 Å². The molecule has 0 unspecified atom stereocenters. The lowest BCUT2D eigenvalue weighted by Gasteiger charge is -2.07. The highest BCUT2D eigenvalue weighted by molar-refractivity contribution is 7.46. The fourth-order valence-corrected chi connectivity index (χ4v) is 1.27. The van der Waals surface area contributed by atoms with E-state index in [2.05, 4.69) is 4.52 Å². The minimum atomic E-state index is -4.43. The van der Waals surface area contributed by atoms with Gasteiger partial charge in [0.1, 0.15) is 18.6 Å². The van der Waals surface area contributed by atoms with Gasteiger partial charge in [-0.05, 0) is 24.3 Å². The molecule has 0 radical (unpaired) electrons. The monoisotopic (exact) mass is 246 g/mol. The second kappa shape index (κ2) is 5.77. The lowest BCUT2D eigenvalue weighted by molar-refractivity contribution is 0.112. The Morgan fingerprint density at radius 1 is 1.19 bits per heavy atom. The molecule has 0 bridgehead atoms. The fourth-order valence-electron chi connectivity index (χ4n) is 0.958. The van der Waals surface area contributed by atoms with Crippen molar-refractivity contribution in [1.82, 2.24) is 0 Å². The molecule has 0 fully saturated rings. The number of hydrogen-bond donors (Lipinski definition) is 2. The normalized spacial score (nSPS) is 11.1. The van der Waals surface area contributed by atoms with Gasteiger partial charge >= 0.3 is 7.82 Å². The van der Waals surface area contributed by atoms with Crippen LogP contribution < -0.4 is 4.74 Å². The number of ether oxygens (including phenoxy) is 1. The van der Waals surface area contributed by atoms with Crippen LogP contribution in [0.25, 0.3) is 0 Å². The Kier molecular flexibility index (Phi) is 4.64. The molecule has 0 aliphatic rings. The Bertz CT molecular complexity index is 381. The summed E-state index contributed by atoms with van der Waals surface area (Å²) in [5.74, 6) is 0.500. The maximum atomic E-state index is 10.3. The Morgan fingerprint density at radius 2 is 1.81 bits per heavy atom. The van der Waals surface area contributed by atoms with Gasteiger partial charge in [-0.25, -0.2) is 4.57 Å². The third-order valence-electron chi connectivity index (χ3n) is 1.63. The molecule has 0 spiro atoms. The summed E-state index contributed by atoms with van der Waals surface area (Å²) >= 11 is 0. The zero-order valence-corrected chi connectivity index (χ0v) is 9.17. The highest BCUT2D eigenvalue weighted by atomic mass is 31.2. The molecular formula is C9H11O6P. The Labute approximate surface area is 92.1 Å². The van der Waals surface area contributed by atoms with E-state index in [1.165, 1.54) is 0 Å². The zero-order chi connectivity index (χ0) is 12.0. The van der Waals surface area contributed by atoms with Gasteiger partial charge < -0.3 is 14.5 Å². The zero-order valence-electron chi connectivity index (χ0n) is 8.28. The summed E-state index contributed by atoms with van der Waals surface area (Å²) in [6.45, 7) is -0.189. The summed E-state index contributed by atoms with van der Waals surface area (Å²) in [5, 5.41) is 0. The second-order valence-corrected chi connectivity index (χ2v) is 4.10. The van der Waals surface area contributed by atoms with Crippen LogP contribution in [-0.4, -0.2) is 29.3 Å². The lowest BCUT2D eigenvalue weighted by Crippen LogP contribution is -2.05. The molecule has 1 aromatic rings. The number of phosphoric ester groups is 1. The standard InChI is InChI=1S/C9H11O6P/c10-7-8-1-3-9(4-2-8)14-5-6-15-16(11,12)13/h1-4,7H,5-6H2,(H2,11,12,13). The quantitative estimate of drug-likeness (QED) is 0.441. The van der Waals surface area contributed by atoms with Crippen molar-refractivity contribution in [3.05, 3.63) is 29.8 Å². The average Bonchev–Trinajstić information content (AvgIpc) is 2.24. The van der Waals surface area contributed by atoms with Gasteiger partial charge in [0, 0.05) is 5.56 Å². The average molecular weight is 246 g/mol. The molecule has 0 aliphatic carbocycles. The number of phosphoric acid groups is 1. The van der Waals surface area contributed by atoms with Crippen molar-refractivity contribution >= 4 is 14.1 Å². The molecule has 2 N–H and O–H groups in total. The van der Waals surface area contributed by atoms with Crippen LogP contribution in [0, 0.1) is 0 Å². The molecule has 0 aliphatic heterocycles. The minimum absolute atomic E-state index is 0.0194. The minimum Gasteiger partial charge on any atom is -0.491 e. The molecule has 0 atom stereocenters. The molecule has 7 heteroatoms. The number of aldehydes is 1. The van der Waals surface area contributed by atoms with Crippen molar-refractivity contribution in [2.45, 2.75) is 0 Å². The number of rotatable bonds is 6. The van der Waals surface area contributed by atoms with Crippen LogP contribution in [0.2, 0.25) is 0 Å². The van der Waals surface area contributed by atoms with Gasteiger partial charge in [0.25, 0.3) is 0 Å². The molecule has 88 valence electrons.